The van der Waals surface area contributed by atoms with E-state index in [0.29, 0.717) is 0 Å². The van der Waals surface area contributed by atoms with E-state index in [1.807, 2.05) is 12.1 Å². The number of nitrogens with zero attached hydrogens (tertiary/aromatic N) is 1. The largest absolute Gasteiger partial charge is 0.456 e. The molecule has 0 aliphatic heterocycles. The molecule has 11 aromatic carbocycles. The molecule has 2 heteroatoms. The molecule has 0 aliphatic carbocycles. The van der Waals surface area contributed by atoms with Gasteiger partial charge in [0.2, 0.25) is 0 Å². The van der Waals surface area contributed by atoms with Gasteiger partial charge < -0.3 is 9.32 Å². The van der Waals surface area contributed by atoms with Crippen LogP contribution in [0.2, 0.25) is 0 Å². The Morgan fingerprint density at radius 2 is 0.758 bits per heavy atom. The highest BCUT2D eigenvalue weighted by Crippen LogP contribution is 2.42. The topological polar surface area (TPSA) is 16.4 Å². The highest BCUT2D eigenvalue weighted by molar-refractivity contribution is 6.13. The highest BCUT2D eigenvalue weighted by Gasteiger charge is 2.18. The molecule has 0 saturated carbocycles. The third kappa shape index (κ3) is 6.29. The van der Waals surface area contributed by atoms with Gasteiger partial charge in [-0.15, -0.1) is 0 Å². The summed E-state index contributed by atoms with van der Waals surface area (Å²) >= 11 is 0. The summed E-state index contributed by atoms with van der Waals surface area (Å²) in [6, 6.07) is 85.6. The van der Waals surface area contributed by atoms with Gasteiger partial charge in [-0.2, -0.15) is 0 Å². The summed E-state index contributed by atoms with van der Waals surface area (Å²) in [5.41, 5.74) is 14.4. The molecule has 0 aliphatic rings. The van der Waals surface area contributed by atoms with Crippen molar-refractivity contribution in [3.05, 3.63) is 237 Å². The maximum absolute atomic E-state index is 6.32. The molecule has 12 rings (SSSR count). The Labute approximate surface area is 360 Å². The summed E-state index contributed by atoms with van der Waals surface area (Å²) in [6.07, 6.45) is 0. The van der Waals surface area contributed by atoms with E-state index < -0.39 is 0 Å². The van der Waals surface area contributed by atoms with Crippen molar-refractivity contribution in [2.45, 2.75) is 0 Å². The van der Waals surface area contributed by atoms with Crippen molar-refractivity contribution >= 4 is 71.3 Å². The first kappa shape index (κ1) is 35.7. The first-order valence-corrected chi connectivity index (χ1v) is 21.2. The van der Waals surface area contributed by atoms with Gasteiger partial charge in [-0.05, 0) is 137 Å². The Morgan fingerprint density at radius 3 is 1.56 bits per heavy atom. The SMILES string of the molecule is c1cc(-c2ccc3c(ccc4ccccc43)c2)cc(N(c2ccc(-c3ccc(-c4ccc5ccccc5c4)cc3)cc2)c2cccc(-c3cccc4oc5ccccc5c34)c2)c1. The van der Waals surface area contributed by atoms with E-state index in [1.54, 1.807) is 0 Å². The smallest absolute Gasteiger partial charge is 0.136 e. The van der Waals surface area contributed by atoms with Crippen LogP contribution >= 0.6 is 0 Å². The van der Waals surface area contributed by atoms with Crippen molar-refractivity contribution in [3.8, 4) is 44.5 Å². The van der Waals surface area contributed by atoms with Crippen molar-refractivity contribution in [1.29, 1.82) is 0 Å². The third-order valence-corrected chi connectivity index (χ3v) is 12.4. The molecule has 0 unspecified atom stereocenters. The Bertz CT molecular complexity index is 3630. The molecular formula is C60H39NO. The lowest BCUT2D eigenvalue weighted by atomic mass is 9.96. The average Bonchev–Trinajstić information content (AvgIpc) is 3.73. The summed E-state index contributed by atoms with van der Waals surface area (Å²) < 4.78 is 6.32. The Hall–Kier alpha value is -8.20. The van der Waals surface area contributed by atoms with Crippen LogP contribution in [0.1, 0.15) is 0 Å². The number of fused-ring (bicyclic) bond motifs is 7. The van der Waals surface area contributed by atoms with Gasteiger partial charge in [0.25, 0.3) is 0 Å². The lowest BCUT2D eigenvalue weighted by molar-refractivity contribution is 0.669. The number of hydrogen-bond acceptors (Lipinski definition) is 2. The van der Waals surface area contributed by atoms with Crippen molar-refractivity contribution in [2.75, 3.05) is 4.90 Å². The Balaban J connectivity index is 0.945. The number of anilines is 3. The summed E-state index contributed by atoms with van der Waals surface area (Å²) in [5, 5.41) is 9.80. The maximum atomic E-state index is 6.32. The predicted octanol–water partition coefficient (Wildman–Crippen LogP) is 17.2. The van der Waals surface area contributed by atoms with Crippen LogP contribution in [0.5, 0.6) is 0 Å². The maximum Gasteiger partial charge on any atom is 0.136 e. The molecule has 62 heavy (non-hydrogen) atoms. The summed E-state index contributed by atoms with van der Waals surface area (Å²) in [6.45, 7) is 0. The number of benzene rings is 11. The predicted molar refractivity (Wildman–Crippen MR) is 263 cm³/mol. The van der Waals surface area contributed by atoms with Crippen LogP contribution in [0.4, 0.5) is 17.1 Å². The van der Waals surface area contributed by atoms with Crippen LogP contribution in [-0.2, 0) is 0 Å². The van der Waals surface area contributed by atoms with Crippen LogP contribution in [0.15, 0.2) is 241 Å². The molecule has 0 spiro atoms. The second kappa shape index (κ2) is 14.8. The third-order valence-electron chi connectivity index (χ3n) is 12.4. The van der Waals surface area contributed by atoms with Crippen molar-refractivity contribution < 1.29 is 4.42 Å². The zero-order chi connectivity index (χ0) is 41.0. The zero-order valence-electron chi connectivity index (χ0n) is 33.9. The van der Waals surface area contributed by atoms with Gasteiger partial charge in [-0.25, -0.2) is 0 Å². The standard InChI is InChI=1S/C60H39NO/c1-2-12-45-36-47(28-26-40(45)10-1)43-24-22-41(23-25-43)42-30-33-51(34-31-42)61(53-16-8-14-49(39-53)56-19-9-21-59-60(56)57-18-5-6-20-58(57)62-59)52-15-7-13-46(38-52)48-32-35-55-50(37-48)29-27-44-11-3-4-17-54(44)55/h1-39H. The fraction of sp³-hybridized carbons (Fsp3) is 0. The van der Waals surface area contributed by atoms with E-state index in [-0.39, 0.29) is 0 Å². The molecule has 0 saturated heterocycles. The molecule has 12 aromatic rings. The molecule has 0 amide bonds. The molecular weight excluding hydrogens is 751 g/mol. The summed E-state index contributed by atoms with van der Waals surface area (Å²) in [5.74, 6) is 0. The van der Waals surface area contributed by atoms with Gasteiger partial charge in [0.1, 0.15) is 11.2 Å². The molecule has 290 valence electrons. The first-order valence-electron chi connectivity index (χ1n) is 21.2. The number of hydrogen-bond donors (Lipinski definition) is 0. The van der Waals surface area contributed by atoms with Crippen LogP contribution in [0.25, 0.3) is 98.8 Å². The van der Waals surface area contributed by atoms with Gasteiger partial charge in [0, 0.05) is 27.8 Å². The minimum atomic E-state index is 0.892. The lowest BCUT2D eigenvalue weighted by Crippen LogP contribution is -2.10. The van der Waals surface area contributed by atoms with Crippen LogP contribution in [-0.4, -0.2) is 0 Å². The Morgan fingerprint density at radius 1 is 0.258 bits per heavy atom. The van der Waals surface area contributed by atoms with Crippen molar-refractivity contribution in [1.82, 2.24) is 0 Å². The van der Waals surface area contributed by atoms with Crippen LogP contribution in [0, 0.1) is 0 Å². The van der Waals surface area contributed by atoms with Crippen LogP contribution in [0.3, 0.4) is 0 Å². The number of furan rings is 1. The van der Waals surface area contributed by atoms with Gasteiger partial charge in [-0.3, -0.25) is 0 Å². The van der Waals surface area contributed by atoms with E-state index in [0.717, 1.165) is 55.7 Å². The lowest BCUT2D eigenvalue weighted by Gasteiger charge is -2.27. The van der Waals surface area contributed by atoms with E-state index in [2.05, 4.69) is 229 Å². The number of para-hydroxylation sites is 1. The second-order valence-electron chi connectivity index (χ2n) is 16.1. The molecule has 0 N–H and O–H groups in total. The second-order valence-corrected chi connectivity index (χ2v) is 16.1. The molecule has 0 bridgehead atoms. The molecule has 1 heterocycles. The number of rotatable bonds is 7. The minimum absolute atomic E-state index is 0.892. The normalized spacial score (nSPS) is 11.5. The quantitative estimate of drug-likeness (QED) is 0.150. The average molecular weight is 790 g/mol. The van der Waals surface area contributed by atoms with E-state index >= 15 is 0 Å². The summed E-state index contributed by atoms with van der Waals surface area (Å²) in [4.78, 5) is 2.38. The first-order chi connectivity index (χ1) is 30.7. The fourth-order valence-electron chi connectivity index (χ4n) is 9.32. The minimum Gasteiger partial charge on any atom is -0.456 e. The van der Waals surface area contributed by atoms with Gasteiger partial charge in [0.05, 0.1) is 0 Å². The molecule has 0 fully saturated rings. The summed E-state index contributed by atoms with van der Waals surface area (Å²) in [7, 11) is 0. The van der Waals surface area contributed by atoms with E-state index in [9.17, 15) is 0 Å². The monoisotopic (exact) mass is 789 g/mol. The molecule has 0 atom stereocenters. The molecule has 0 radical (unpaired) electrons. The molecule has 2 nitrogen and oxygen atoms in total. The van der Waals surface area contributed by atoms with Crippen molar-refractivity contribution in [2.24, 2.45) is 0 Å². The van der Waals surface area contributed by atoms with Gasteiger partial charge >= 0.3 is 0 Å². The van der Waals surface area contributed by atoms with Crippen molar-refractivity contribution in [3.63, 3.8) is 0 Å². The zero-order valence-corrected chi connectivity index (χ0v) is 33.9. The van der Waals surface area contributed by atoms with Crippen LogP contribution < -0.4 is 4.90 Å². The highest BCUT2D eigenvalue weighted by atomic mass is 16.3. The van der Waals surface area contributed by atoms with Gasteiger partial charge in [-0.1, -0.05) is 176 Å². The van der Waals surface area contributed by atoms with E-state index in [1.165, 1.54) is 60.1 Å². The van der Waals surface area contributed by atoms with E-state index in [4.69, 9.17) is 4.42 Å². The fourth-order valence-corrected chi connectivity index (χ4v) is 9.32. The van der Waals surface area contributed by atoms with Gasteiger partial charge in [0.15, 0.2) is 0 Å². The molecule has 1 aromatic heterocycles. The Kier molecular flexibility index (Phi) is 8.53.